The van der Waals surface area contributed by atoms with Gasteiger partial charge in [0.2, 0.25) is 0 Å². The van der Waals surface area contributed by atoms with E-state index in [0.717, 1.165) is 23.5 Å². The van der Waals surface area contributed by atoms with Crippen molar-refractivity contribution in [1.82, 2.24) is 20.5 Å². The van der Waals surface area contributed by atoms with Gasteiger partial charge in [-0.3, -0.25) is 10.1 Å². The van der Waals surface area contributed by atoms with Crippen LogP contribution in [0.1, 0.15) is 17.0 Å². The highest BCUT2D eigenvalue weighted by atomic mass is 16.3. The van der Waals surface area contributed by atoms with E-state index in [0.29, 0.717) is 6.54 Å². The zero-order valence-corrected chi connectivity index (χ0v) is 9.07. The SMILES string of the molecule is Cc1[nH]ncc1CNCc1ccc(O)cn1. The van der Waals surface area contributed by atoms with Gasteiger partial charge in [0.15, 0.2) is 0 Å². The number of aryl methyl sites for hydroxylation is 1. The van der Waals surface area contributed by atoms with Gasteiger partial charge < -0.3 is 10.4 Å². The number of rotatable bonds is 4. The molecule has 2 rings (SSSR count). The lowest BCUT2D eigenvalue weighted by Crippen LogP contribution is -2.13. The maximum atomic E-state index is 9.07. The molecule has 5 nitrogen and oxygen atoms in total. The molecular formula is C11H14N4O. The summed E-state index contributed by atoms with van der Waals surface area (Å²) >= 11 is 0. The largest absolute Gasteiger partial charge is 0.506 e. The first-order chi connectivity index (χ1) is 7.75. The smallest absolute Gasteiger partial charge is 0.133 e. The standard InChI is InChI=1S/C11H14N4O/c1-8-9(5-14-15-8)4-12-6-10-2-3-11(16)7-13-10/h2-3,5,7,12,16H,4,6H2,1H3,(H,14,15). The molecule has 0 aliphatic rings. The van der Waals surface area contributed by atoms with Gasteiger partial charge in [0.05, 0.1) is 18.1 Å². The average Bonchev–Trinajstić information content (AvgIpc) is 2.68. The van der Waals surface area contributed by atoms with E-state index in [4.69, 9.17) is 5.11 Å². The van der Waals surface area contributed by atoms with Crippen LogP contribution in [0.5, 0.6) is 5.75 Å². The first-order valence-electron chi connectivity index (χ1n) is 5.09. The van der Waals surface area contributed by atoms with Crippen LogP contribution in [0.4, 0.5) is 0 Å². The van der Waals surface area contributed by atoms with Crippen LogP contribution >= 0.6 is 0 Å². The summed E-state index contributed by atoms with van der Waals surface area (Å²) in [6.07, 6.45) is 3.26. The minimum atomic E-state index is 0.189. The Hall–Kier alpha value is -1.88. The fourth-order valence-electron chi connectivity index (χ4n) is 1.40. The summed E-state index contributed by atoms with van der Waals surface area (Å²) in [5.41, 5.74) is 3.13. The lowest BCUT2D eigenvalue weighted by atomic mass is 10.2. The molecule has 0 spiro atoms. The molecule has 0 radical (unpaired) electrons. The van der Waals surface area contributed by atoms with Crippen LogP contribution in [-0.2, 0) is 13.1 Å². The van der Waals surface area contributed by atoms with E-state index in [1.54, 1.807) is 12.1 Å². The van der Waals surface area contributed by atoms with Crippen LogP contribution in [0.3, 0.4) is 0 Å². The highest BCUT2D eigenvalue weighted by Crippen LogP contribution is 2.06. The topological polar surface area (TPSA) is 73.8 Å². The fraction of sp³-hybridized carbons (Fsp3) is 0.273. The Morgan fingerprint density at radius 2 is 2.19 bits per heavy atom. The third-order valence-electron chi connectivity index (χ3n) is 2.37. The minimum absolute atomic E-state index is 0.189. The fourth-order valence-corrected chi connectivity index (χ4v) is 1.40. The zero-order chi connectivity index (χ0) is 11.4. The van der Waals surface area contributed by atoms with E-state index in [2.05, 4.69) is 20.5 Å². The van der Waals surface area contributed by atoms with Crippen molar-refractivity contribution in [2.75, 3.05) is 0 Å². The molecule has 3 N–H and O–H groups in total. The van der Waals surface area contributed by atoms with Gasteiger partial charge in [0.1, 0.15) is 5.75 Å². The maximum Gasteiger partial charge on any atom is 0.133 e. The third-order valence-corrected chi connectivity index (χ3v) is 2.37. The lowest BCUT2D eigenvalue weighted by Gasteiger charge is -2.03. The van der Waals surface area contributed by atoms with Gasteiger partial charge in [-0.05, 0) is 19.1 Å². The number of aromatic amines is 1. The molecule has 2 heterocycles. The number of aromatic nitrogens is 3. The third kappa shape index (κ3) is 2.58. The van der Waals surface area contributed by atoms with E-state index in [1.807, 2.05) is 13.1 Å². The molecule has 0 saturated heterocycles. The van der Waals surface area contributed by atoms with Gasteiger partial charge in [0.25, 0.3) is 0 Å². The molecule has 0 atom stereocenters. The Bertz CT molecular complexity index is 449. The number of aromatic hydroxyl groups is 1. The van der Waals surface area contributed by atoms with Gasteiger partial charge in [-0.15, -0.1) is 0 Å². The molecule has 5 heteroatoms. The van der Waals surface area contributed by atoms with Gasteiger partial charge in [0, 0.05) is 24.3 Å². The zero-order valence-electron chi connectivity index (χ0n) is 9.07. The van der Waals surface area contributed by atoms with Gasteiger partial charge >= 0.3 is 0 Å². The molecule has 0 fully saturated rings. The van der Waals surface area contributed by atoms with Crippen LogP contribution in [-0.4, -0.2) is 20.3 Å². The van der Waals surface area contributed by atoms with Crippen LogP contribution in [0.25, 0.3) is 0 Å². The molecule has 0 aliphatic heterocycles. The van der Waals surface area contributed by atoms with Crippen molar-refractivity contribution in [3.8, 4) is 5.75 Å². The minimum Gasteiger partial charge on any atom is -0.506 e. The molecule has 2 aromatic rings. The highest BCUT2D eigenvalue weighted by Gasteiger charge is 2.00. The summed E-state index contributed by atoms with van der Waals surface area (Å²) < 4.78 is 0. The Kier molecular flexibility index (Phi) is 3.16. The normalized spacial score (nSPS) is 10.6. The van der Waals surface area contributed by atoms with E-state index in [9.17, 15) is 0 Å². The first-order valence-corrected chi connectivity index (χ1v) is 5.09. The maximum absolute atomic E-state index is 9.07. The Labute approximate surface area is 93.5 Å². The molecule has 0 unspecified atom stereocenters. The van der Waals surface area contributed by atoms with Crippen molar-refractivity contribution < 1.29 is 5.11 Å². The number of H-pyrrole nitrogens is 1. The van der Waals surface area contributed by atoms with E-state index in [1.165, 1.54) is 6.20 Å². The summed E-state index contributed by atoms with van der Waals surface area (Å²) in [6.45, 7) is 3.42. The average molecular weight is 218 g/mol. The van der Waals surface area contributed by atoms with Crippen molar-refractivity contribution in [2.24, 2.45) is 0 Å². The monoisotopic (exact) mass is 218 g/mol. The van der Waals surface area contributed by atoms with E-state index >= 15 is 0 Å². The second-order valence-electron chi connectivity index (χ2n) is 3.63. The summed E-state index contributed by atoms with van der Waals surface area (Å²) in [7, 11) is 0. The van der Waals surface area contributed by atoms with Crippen LogP contribution in [0.2, 0.25) is 0 Å². The van der Waals surface area contributed by atoms with Crippen LogP contribution in [0.15, 0.2) is 24.5 Å². The van der Waals surface area contributed by atoms with Crippen LogP contribution < -0.4 is 5.32 Å². The number of nitrogens with one attached hydrogen (secondary N) is 2. The number of hydrogen-bond donors (Lipinski definition) is 3. The predicted molar refractivity (Wildman–Crippen MR) is 59.8 cm³/mol. The summed E-state index contributed by atoms with van der Waals surface area (Å²) in [5, 5.41) is 19.2. The van der Waals surface area contributed by atoms with Crippen molar-refractivity contribution in [3.63, 3.8) is 0 Å². The molecule has 84 valence electrons. The molecule has 0 amide bonds. The Morgan fingerprint density at radius 1 is 1.31 bits per heavy atom. The second-order valence-corrected chi connectivity index (χ2v) is 3.63. The van der Waals surface area contributed by atoms with E-state index < -0.39 is 0 Å². The first kappa shape index (κ1) is 10.6. The summed E-state index contributed by atoms with van der Waals surface area (Å²) in [6, 6.07) is 3.43. The summed E-state index contributed by atoms with van der Waals surface area (Å²) in [4.78, 5) is 4.08. The van der Waals surface area contributed by atoms with Crippen molar-refractivity contribution >= 4 is 0 Å². The second kappa shape index (κ2) is 4.76. The van der Waals surface area contributed by atoms with Gasteiger partial charge in [-0.2, -0.15) is 5.10 Å². The van der Waals surface area contributed by atoms with Crippen molar-refractivity contribution in [2.45, 2.75) is 20.0 Å². The molecule has 16 heavy (non-hydrogen) atoms. The molecule has 0 aliphatic carbocycles. The van der Waals surface area contributed by atoms with Crippen molar-refractivity contribution in [3.05, 3.63) is 41.5 Å². The predicted octanol–water partition coefficient (Wildman–Crippen LogP) is 1.11. The number of pyridine rings is 1. The molecular weight excluding hydrogens is 204 g/mol. The molecule has 2 aromatic heterocycles. The molecule has 0 aromatic carbocycles. The lowest BCUT2D eigenvalue weighted by molar-refractivity contribution is 0.471. The molecule has 0 saturated carbocycles. The molecule has 0 bridgehead atoms. The van der Waals surface area contributed by atoms with Gasteiger partial charge in [-0.1, -0.05) is 0 Å². The van der Waals surface area contributed by atoms with Crippen LogP contribution in [0, 0.1) is 6.92 Å². The Balaban J connectivity index is 1.84. The Morgan fingerprint density at radius 3 is 2.81 bits per heavy atom. The number of nitrogens with zero attached hydrogens (tertiary/aromatic N) is 2. The van der Waals surface area contributed by atoms with E-state index in [-0.39, 0.29) is 5.75 Å². The van der Waals surface area contributed by atoms with Crippen molar-refractivity contribution in [1.29, 1.82) is 0 Å². The summed E-state index contributed by atoms with van der Waals surface area (Å²) in [5.74, 6) is 0.189. The number of hydrogen-bond acceptors (Lipinski definition) is 4. The van der Waals surface area contributed by atoms with Gasteiger partial charge in [-0.25, -0.2) is 0 Å². The highest BCUT2D eigenvalue weighted by molar-refractivity contribution is 5.18. The quantitative estimate of drug-likeness (QED) is 0.718.